The van der Waals surface area contributed by atoms with Gasteiger partial charge in [-0.1, -0.05) is 41.9 Å². The molecule has 2 unspecified atom stereocenters. The number of nitrogens with zero attached hydrogens (tertiary/aromatic N) is 1. The molecule has 8 heteroatoms. The summed E-state index contributed by atoms with van der Waals surface area (Å²) in [6.07, 6.45) is 0.744. The van der Waals surface area contributed by atoms with Gasteiger partial charge in [-0.25, -0.2) is 4.79 Å². The van der Waals surface area contributed by atoms with Gasteiger partial charge in [0.05, 0.1) is 24.8 Å². The van der Waals surface area contributed by atoms with Gasteiger partial charge in [-0.15, -0.1) is 0 Å². The van der Waals surface area contributed by atoms with Crippen molar-refractivity contribution in [1.82, 2.24) is 0 Å². The van der Waals surface area contributed by atoms with Crippen LogP contribution >= 0.6 is 11.6 Å². The molecule has 0 fully saturated rings. The van der Waals surface area contributed by atoms with Gasteiger partial charge in [0.15, 0.2) is 5.78 Å². The van der Waals surface area contributed by atoms with Gasteiger partial charge in [-0.05, 0) is 54.3 Å². The number of benzene rings is 3. The molecule has 194 valence electrons. The highest BCUT2D eigenvalue weighted by molar-refractivity contribution is 6.33. The van der Waals surface area contributed by atoms with E-state index in [2.05, 4.69) is 0 Å². The van der Waals surface area contributed by atoms with Crippen molar-refractivity contribution in [3.63, 3.8) is 0 Å². The number of carbonyl (C=O) groups excluding carboxylic acids is 2. The normalized spacial score (nSPS) is 19.3. The Kier molecular flexibility index (Phi) is 6.95. The molecule has 38 heavy (non-hydrogen) atoms. The fourth-order valence-electron chi connectivity index (χ4n) is 5.49. The molecule has 0 spiro atoms. The number of ether oxygens (including phenoxy) is 2. The number of Topliss-reactive ketones (excluding diaryl/α,β-unsaturated/α-hetero) is 1. The fourth-order valence-corrected chi connectivity index (χ4v) is 5.69. The highest BCUT2D eigenvalue weighted by atomic mass is 35.5. The fraction of sp³-hybridized carbons (Fsp3) is 0.233. The van der Waals surface area contributed by atoms with Crippen molar-refractivity contribution in [1.29, 1.82) is 0 Å². The minimum Gasteiger partial charge on any atom is -0.497 e. The molecular formula is C30H26ClNO6. The number of rotatable bonds is 6. The monoisotopic (exact) mass is 531 g/mol. The van der Waals surface area contributed by atoms with Crippen LogP contribution in [0.2, 0.25) is 5.02 Å². The predicted molar refractivity (Wildman–Crippen MR) is 143 cm³/mol. The number of amides is 1. The number of halogens is 1. The van der Waals surface area contributed by atoms with Crippen LogP contribution in [0.3, 0.4) is 0 Å². The first-order valence-electron chi connectivity index (χ1n) is 12.2. The number of allylic oxidation sites excluding steroid dienone is 2. The van der Waals surface area contributed by atoms with E-state index in [-0.39, 0.29) is 34.6 Å². The molecule has 0 bridgehead atoms. The van der Waals surface area contributed by atoms with Crippen LogP contribution in [0.4, 0.5) is 5.69 Å². The van der Waals surface area contributed by atoms with Crippen LogP contribution in [0.15, 0.2) is 78.0 Å². The molecule has 0 saturated heterocycles. The zero-order chi connectivity index (χ0) is 27.0. The Hall–Kier alpha value is -4.10. The smallest absolute Gasteiger partial charge is 0.337 e. The molecule has 2 aliphatic rings. The lowest BCUT2D eigenvalue weighted by Gasteiger charge is -2.41. The lowest BCUT2D eigenvalue weighted by Crippen LogP contribution is -2.42. The van der Waals surface area contributed by atoms with Crippen LogP contribution in [0.1, 0.15) is 52.6 Å². The Morgan fingerprint density at radius 2 is 1.71 bits per heavy atom. The number of carboxylic acid groups (broad SMARTS) is 1. The topological polar surface area (TPSA) is 93.1 Å². The van der Waals surface area contributed by atoms with Gasteiger partial charge in [0.2, 0.25) is 5.91 Å². The Labute approximate surface area is 225 Å². The van der Waals surface area contributed by atoms with Crippen molar-refractivity contribution in [2.24, 2.45) is 0 Å². The second-order valence-electron chi connectivity index (χ2n) is 9.36. The number of methoxy groups -OCH3 is 2. The molecule has 1 heterocycles. The number of aromatic carboxylic acids is 1. The summed E-state index contributed by atoms with van der Waals surface area (Å²) < 4.78 is 11.0. The molecule has 1 aliphatic heterocycles. The summed E-state index contributed by atoms with van der Waals surface area (Å²) in [5, 5.41) is 9.71. The molecule has 7 nitrogen and oxygen atoms in total. The molecule has 3 aromatic carbocycles. The molecule has 1 N–H and O–H groups in total. The molecule has 5 rings (SSSR count). The summed E-state index contributed by atoms with van der Waals surface area (Å²) in [7, 11) is 3.10. The second-order valence-corrected chi connectivity index (χ2v) is 9.77. The summed E-state index contributed by atoms with van der Waals surface area (Å²) in [5.74, 6) is -1.02. The quantitative estimate of drug-likeness (QED) is 0.421. The van der Waals surface area contributed by atoms with Gasteiger partial charge in [0.1, 0.15) is 11.5 Å². The van der Waals surface area contributed by atoms with Crippen molar-refractivity contribution >= 4 is 34.9 Å². The summed E-state index contributed by atoms with van der Waals surface area (Å²) in [5.41, 5.74) is 3.05. The summed E-state index contributed by atoms with van der Waals surface area (Å²) in [6, 6.07) is 19.5. The third-order valence-corrected chi connectivity index (χ3v) is 7.58. The predicted octanol–water partition coefficient (Wildman–Crippen LogP) is 5.98. The Balaban J connectivity index is 1.71. The van der Waals surface area contributed by atoms with E-state index in [0.717, 1.165) is 5.56 Å². The second kappa shape index (κ2) is 10.3. The van der Waals surface area contributed by atoms with Gasteiger partial charge in [-0.2, -0.15) is 0 Å². The first-order chi connectivity index (χ1) is 18.3. The summed E-state index contributed by atoms with van der Waals surface area (Å²) in [4.78, 5) is 41.0. The van der Waals surface area contributed by atoms with Crippen LogP contribution < -0.4 is 14.4 Å². The van der Waals surface area contributed by atoms with Crippen molar-refractivity contribution < 1.29 is 29.0 Å². The highest BCUT2D eigenvalue weighted by Crippen LogP contribution is 2.49. The maximum Gasteiger partial charge on any atom is 0.337 e. The lowest BCUT2D eigenvalue weighted by atomic mass is 9.72. The van der Waals surface area contributed by atoms with Gasteiger partial charge in [0, 0.05) is 41.3 Å². The van der Waals surface area contributed by atoms with E-state index in [1.807, 2.05) is 30.3 Å². The molecule has 0 radical (unpaired) electrons. The SMILES string of the molecule is COc1ccc(OC)c(C2CC(=O)N(c3ccc(Cl)c(C(=O)O)c3)C3=C2C(=O)CC(c2ccccc2)C3)c1. The number of hydrogen-bond acceptors (Lipinski definition) is 5. The summed E-state index contributed by atoms with van der Waals surface area (Å²) >= 11 is 6.12. The molecule has 2 atom stereocenters. The van der Waals surface area contributed by atoms with Crippen LogP contribution in [0, 0.1) is 0 Å². The standard InChI is InChI=1S/C30H26ClNO6/c1-37-20-9-11-27(38-2)21(15-20)22-16-28(34)32(19-8-10-24(31)23(14-19)30(35)36)25-12-18(13-26(33)29(22)25)17-6-4-3-5-7-17/h3-11,14-15,18,22H,12-13,16H2,1-2H3,(H,35,36). The van der Waals surface area contributed by atoms with E-state index in [4.69, 9.17) is 21.1 Å². The highest BCUT2D eigenvalue weighted by Gasteiger charge is 2.43. The molecule has 1 aliphatic carbocycles. The van der Waals surface area contributed by atoms with E-state index in [1.54, 1.807) is 38.5 Å². The average Bonchev–Trinajstić information content (AvgIpc) is 2.93. The average molecular weight is 532 g/mol. The van der Waals surface area contributed by atoms with E-state index in [0.29, 0.717) is 46.9 Å². The Bertz CT molecular complexity index is 1460. The zero-order valence-electron chi connectivity index (χ0n) is 20.9. The zero-order valence-corrected chi connectivity index (χ0v) is 21.7. The van der Waals surface area contributed by atoms with Crippen molar-refractivity contribution in [3.8, 4) is 11.5 Å². The summed E-state index contributed by atoms with van der Waals surface area (Å²) in [6.45, 7) is 0. The first-order valence-corrected chi connectivity index (χ1v) is 12.6. The molecule has 0 saturated carbocycles. The van der Waals surface area contributed by atoms with E-state index in [1.165, 1.54) is 17.0 Å². The van der Waals surface area contributed by atoms with Crippen LogP contribution in [0.5, 0.6) is 11.5 Å². The van der Waals surface area contributed by atoms with Crippen LogP contribution in [-0.4, -0.2) is 37.0 Å². The molecule has 0 aromatic heterocycles. The molecular weight excluding hydrogens is 506 g/mol. The third-order valence-electron chi connectivity index (χ3n) is 7.25. The number of hydrogen-bond donors (Lipinski definition) is 1. The number of carbonyl (C=O) groups is 3. The maximum atomic E-state index is 13.9. The van der Waals surface area contributed by atoms with Crippen molar-refractivity contribution in [2.75, 3.05) is 19.1 Å². The van der Waals surface area contributed by atoms with Crippen LogP contribution in [-0.2, 0) is 9.59 Å². The number of anilines is 1. The van der Waals surface area contributed by atoms with Gasteiger partial charge in [-0.3, -0.25) is 14.5 Å². The van der Waals surface area contributed by atoms with E-state index < -0.39 is 11.9 Å². The number of ketones is 1. The molecule has 3 aromatic rings. The van der Waals surface area contributed by atoms with E-state index >= 15 is 0 Å². The lowest BCUT2D eigenvalue weighted by molar-refractivity contribution is -0.120. The van der Waals surface area contributed by atoms with Gasteiger partial charge in [0.25, 0.3) is 0 Å². The maximum absolute atomic E-state index is 13.9. The van der Waals surface area contributed by atoms with Crippen molar-refractivity contribution in [2.45, 2.75) is 31.1 Å². The molecule has 1 amide bonds. The number of carboxylic acids is 1. The van der Waals surface area contributed by atoms with Crippen molar-refractivity contribution in [3.05, 3.63) is 99.7 Å². The largest absolute Gasteiger partial charge is 0.497 e. The minimum atomic E-state index is -1.20. The van der Waals surface area contributed by atoms with Crippen LogP contribution in [0.25, 0.3) is 0 Å². The Morgan fingerprint density at radius 1 is 0.947 bits per heavy atom. The van der Waals surface area contributed by atoms with Gasteiger partial charge < -0.3 is 14.6 Å². The van der Waals surface area contributed by atoms with E-state index in [9.17, 15) is 19.5 Å². The first kappa shape index (κ1) is 25.5. The third kappa shape index (κ3) is 4.54. The van der Waals surface area contributed by atoms with Gasteiger partial charge >= 0.3 is 5.97 Å². The Morgan fingerprint density at radius 3 is 2.39 bits per heavy atom. The minimum absolute atomic E-state index is 0.00906.